The Bertz CT molecular complexity index is 1260. The van der Waals surface area contributed by atoms with Gasteiger partial charge in [-0.2, -0.15) is 0 Å². The Morgan fingerprint density at radius 1 is 1.03 bits per heavy atom. The highest BCUT2D eigenvalue weighted by Gasteiger charge is 2.29. The number of hydrogen-bond acceptors (Lipinski definition) is 5. The van der Waals surface area contributed by atoms with Crippen LogP contribution in [0.15, 0.2) is 71.6 Å². The average Bonchev–Trinajstić information content (AvgIpc) is 2.82. The fourth-order valence-electron chi connectivity index (χ4n) is 3.76. The molecule has 33 heavy (non-hydrogen) atoms. The van der Waals surface area contributed by atoms with Crippen molar-refractivity contribution in [3.63, 3.8) is 0 Å². The number of aryl methyl sites for hydroxylation is 2. The van der Waals surface area contributed by atoms with E-state index in [-0.39, 0.29) is 17.4 Å². The lowest BCUT2D eigenvalue weighted by molar-refractivity contribution is -0.118. The third-order valence-corrected chi connectivity index (χ3v) is 7.29. The molecule has 7 nitrogen and oxygen atoms in total. The highest BCUT2D eigenvalue weighted by Crippen LogP contribution is 2.34. The summed E-state index contributed by atoms with van der Waals surface area (Å²) in [7, 11) is -2.09. The van der Waals surface area contributed by atoms with Gasteiger partial charge >= 0.3 is 0 Å². The summed E-state index contributed by atoms with van der Waals surface area (Å²) in [5.41, 5.74) is 3.13. The number of nitrogens with zero attached hydrogens (tertiary/aromatic N) is 1. The van der Waals surface area contributed by atoms with E-state index in [0.717, 1.165) is 17.5 Å². The number of sulfonamides is 1. The van der Waals surface area contributed by atoms with E-state index in [1.807, 2.05) is 13.0 Å². The Hall–Kier alpha value is -3.52. The molecular weight excluding hydrogens is 440 g/mol. The predicted molar refractivity (Wildman–Crippen MR) is 128 cm³/mol. The molecule has 0 aromatic heterocycles. The lowest BCUT2D eigenvalue weighted by Gasteiger charge is -2.31. The van der Waals surface area contributed by atoms with E-state index >= 15 is 0 Å². The standard InChI is InChI=1S/C25H26N2O5S/c1-18-8-11-23(12-9-18)33(29,30)27-14-4-5-19-15-20(10-13-24(19)27)26-25(28)17-32-22-7-3-6-21(16-22)31-2/h3,6-13,15-16H,4-5,14,17H2,1-2H3,(H,26,28). The number of benzene rings is 3. The molecule has 0 bridgehead atoms. The molecule has 0 saturated carbocycles. The highest BCUT2D eigenvalue weighted by atomic mass is 32.2. The molecular formula is C25H26N2O5S. The molecule has 0 radical (unpaired) electrons. The van der Waals surface area contributed by atoms with Gasteiger partial charge in [0.25, 0.3) is 15.9 Å². The average molecular weight is 467 g/mol. The molecule has 0 unspecified atom stereocenters. The number of anilines is 2. The maximum atomic E-state index is 13.2. The molecule has 0 spiro atoms. The number of carbonyl (C=O) groups is 1. The Kier molecular flexibility index (Phi) is 6.55. The zero-order valence-electron chi connectivity index (χ0n) is 18.6. The van der Waals surface area contributed by atoms with E-state index in [1.165, 1.54) is 4.31 Å². The summed E-state index contributed by atoms with van der Waals surface area (Å²) < 4.78 is 38.6. The summed E-state index contributed by atoms with van der Waals surface area (Å²) in [5, 5.41) is 2.82. The van der Waals surface area contributed by atoms with Crippen LogP contribution in [0.3, 0.4) is 0 Å². The highest BCUT2D eigenvalue weighted by molar-refractivity contribution is 7.92. The van der Waals surface area contributed by atoms with Crippen LogP contribution in [0.4, 0.5) is 11.4 Å². The van der Waals surface area contributed by atoms with Gasteiger partial charge in [-0.1, -0.05) is 23.8 Å². The lowest BCUT2D eigenvalue weighted by atomic mass is 10.0. The molecule has 1 heterocycles. The van der Waals surface area contributed by atoms with Crippen LogP contribution in [-0.2, 0) is 21.2 Å². The number of ether oxygens (including phenoxy) is 2. The molecule has 4 rings (SSSR count). The van der Waals surface area contributed by atoms with Gasteiger partial charge in [-0.3, -0.25) is 9.10 Å². The SMILES string of the molecule is COc1cccc(OCC(=O)Nc2ccc3c(c2)CCCN3S(=O)(=O)c2ccc(C)cc2)c1. The summed E-state index contributed by atoms with van der Waals surface area (Å²) in [6, 6.07) is 19.2. The van der Waals surface area contributed by atoms with Crippen molar-refractivity contribution in [2.24, 2.45) is 0 Å². The normalized spacial score (nSPS) is 13.2. The predicted octanol–water partition coefficient (Wildman–Crippen LogP) is 4.16. The smallest absolute Gasteiger partial charge is 0.264 e. The van der Waals surface area contributed by atoms with Gasteiger partial charge in [-0.15, -0.1) is 0 Å². The van der Waals surface area contributed by atoms with E-state index in [2.05, 4.69) is 5.32 Å². The van der Waals surface area contributed by atoms with Gasteiger partial charge in [-0.05, 0) is 67.8 Å². The fourth-order valence-corrected chi connectivity index (χ4v) is 5.31. The molecule has 0 aliphatic carbocycles. The Labute approximate surface area is 194 Å². The molecule has 0 atom stereocenters. The lowest BCUT2D eigenvalue weighted by Crippen LogP contribution is -2.35. The van der Waals surface area contributed by atoms with Crippen LogP contribution in [0.5, 0.6) is 11.5 Å². The minimum Gasteiger partial charge on any atom is -0.497 e. The summed E-state index contributed by atoms with van der Waals surface area (Å²) in [5.74, 6) is 0.873. The van der Waals surface area contributed by atoms with Crippen LogP contribution in [0.25, 0.3) is 0 Å². The third-order valence-electron chi connectivity index (χ3n) is 5.46. The van der Waals surface area contributed by atoms with Crippen molar-refractivity contribution in [1.82, 2.24) is 0 Å². The molecule has 8 heteroatoms. The number of methoxy groups -OCH3 is 1. The number of rotatable bonds is 7. The van der Waals surface area contributed by atoms with Crippen molar-refractivity contribution in [3.05, 3.63) is 77.9 Å². The Balaban J connectivity index is 1.46. The Morgan fingerprint density at radius 2 is 1.79 bits per heavy atom. The zero-order valence-corrected chi connectivity index (χ0v) is 19.4. The monoisotopic (exact) mass is 466 g/mol. The van der Waals surface area contributed by atoms with Crippen molar-refractivity contribution >= 4 is 27.3 Å². The third kappa shape index (κ3) is 5.12. The number of amides is 1. The van der Waals surface area contributed by atoms with Crippen LogP contribution in [0.1, 0.15) is 17.5 Å². The quantitative estimate of drug-likeness (QED) is 0.565. The molecule has 3 aromatic rings. The number of carbonyl (C=O) groups excluding carboxylic acids is 1. The minimum absolute atomic E-state index is 0.155. The molecule has 0 fully saturated rings. The maximum absolute atomic E-state index is 13.2. The van der Waals surface area contributed by atoms with Crippen molar-refractivity contribution < 1.29 is 22.7 Å². The van der Waals surface area contributed by atoms with E-state index in [1.54, 1.807) is 67.8 Å². The van der Waals surface area contributed by atoms with Crippen LogP contribution in [-0.4, -0.2) is 34.6 Å². The minimum atomic E-state index is -3.66. The van der Waals surface area contributed by atoms with Crippen LogP contribution in [0.2, 0.25) is 0 Å². The van der Waals surface area contributed by atoms with E-state index in [0.29, 0.717) is 35.8 Å². The number of hydrogen-bond donors (Lipinski definition) is 1. The first-order valence-electron chi connectivity index (χ1n) is 10.7. The molecule has 1 aliphatic rings. The summed E-state index contributed by atoms with van der Waals surface area (Å²) >= 11 is 0. The van der Waals surface area contributed by atoms with Gasteiger partial charge in [0, 0.05) is 18.3 Å². The van der Waals surface area contributed by atoms with Crippen LogP contribution >= 0.6 is 0 Å². The van der Waals surface area contributed by atoms with E-state index in [9.17, 15) is 13.2 Å². The van der Waals surface area contributed by atoms with Crippen LogP contribution < -0.4 is 19.1 Å². The van der Waals surface area contributed by atoms with Crippen molar-refractivity contribution in [2.75, 3.05) is 29.9 Å². The first-order valence-corrected chi connectivity index (χ1v) is 12.1. The second-order valence-corrected chi connectivity index (χ2v) is 9.72. The summed E-state index contributed by atoms with van der Waals surface area (Å²) in [6.45, 7) is 2.19. The first-order chi connectivity index (χ1) is 15.9. The molecule has 172 valence electrons. The van der Waals surface area contributed by atoms with Gasteiger partial charge < -0.3 is 14.8 Å². The van der Waals surface area contributed by atoms with Gasteiger partial charge in [-0.25, -0.2) is 8.42 Å². The molecule has 1 aliphatic heterocycles. The van der Waals surface area contributed by atoms with Crippen molar-refractivity contribution in [2.45, 2.75) is 24.7 Å². The second kappa shape index (κ2) is 9.54. The Morgan fingerprint density at radius 3 is 2.55 bits per heavy atom. The van der Waals surface area contributed by atoms with Gasteiger partial charge in [0.15, 0.2) is 6.61 Å². The van der Waals surface area contributed by atoms with Crippen molar-refractivity contribution in [1.29, 1.82) is 0 Å². The molecule has 0 saturated heterocycles. The topological polar surface area (TPSA) is 84.9 Å². The molecule has 1 amide bonds. The van der Waals surface area contributed by atoms with Gasteiger partial charge in [0.05, 0.1) is 17.7 Å². The molecule has 1 N–H and O–H groups in total. The van der Waals surface area contributed by atoms with Crippen LogP contribution in [0, 0.1) is 6.92 Å². The summed E-state index contributed by atoms with van der Waals surface area (Å²) in [6.07, 6.45) is 1.44. The number of nitrogens with one attached hydrogen (secondary N) is 1. The van der Waals surface area contributed by atoms with Crippen molar-refractivity contribution in [3.8, 4) is 11.5 Å². The fraction of sp³-hybridized carbons (Fsp3) is 0.240. The largest absolute Gasteiger partial charge is 0.497 e. The van der Waals surface area contributed by atoms with E-state index < -0.39 is 10.0 Å². The number of fused-ring (bicyclic) bond motifs is 1. The summed E-state index contributed by atoms with van der Waals surface area (Å²) in [4.78, 5) is 12.6. The van der Waals surface area contributed by atoms with Gasteiger partial charge in [0.2, 0.25) is 0 Å². The zero-order chi connectivity index (χ0) is 23.4. The molecule has 3 aromatic carbocycles. The van der Waals surface area contributed by atoms with E-state index in [4.69, 9.17) is 9.47 Å². The second-order valence-electron chi connectivity index (χ2n) is 7.85. The first kappa shape index (κ1) is 22.7. The van der Waals surface area contributed by atoms with Gasteiger partial charge in [0.1, 0.15) is 11.5 Å². The maximum Gasteiger partial charge on any atom is 0.264 e.